The highest BCUT2D eigenvalue weighted by molar-refractivity contribution is 6.11. The molecule has 1 N–H and O–H groups in total. The Morgan fingerprint density at radius 3 is 2.86 bits per heavy atom. The fourth-order valence-electron chi connectivity index (χ4n) is 2.22. The van der Waals surface area contributed by atoms with Gasteiger partial charge in [-0.15, -0.1) is 0 Å². The normalized spacial score (nSPS) is 13.1. The van der Waals surface area contributed by atoms with Crippen LogP contribution in [-0.2, 0) is 4.79 Å². The fourth-order valence-corrected chi connectivity index (χ4v) is 2.22. The zero-order valence-electron chi connectivity index (χ0n) is 11.3. The van der Waals surface area contributed by atoms with Crippen LogP contribution in [0.2, 0.25) is 0 Å². The summed E-state index contributed by atoms with van der Waals surface area (Å²) in [7, 11) is 0. The average molecular weight is 285 g/mol. The van der Waals surface area contributed by atoms with E-state index in [2.05, 4.69) is 5.32 Å². The van der Waals surface area contributed by atoms with Gasteiger partial charge >= 0.3 is 0 Å². The maximum Gasteiger partial charge on any atom is 0.262 e. The van der Waals surface area contributed by atoms with Crippen molar-refractivity contribution in [3.05, 3.63) is 58.9 Å². The molecule has 1 heterocycles. The zero-order valence-corrected chi connectivity index (χ0v) is 11.3. The lowest BCUT2D eigenvalue weighted by molar-refractivity contribution is -0.118. The molecular weight excluding hydrogens is 273 g/mol. The third-order valence-corrected chi connectivity index (χ3v) is 3.32. The zero-order chi connectivity index (χ0) is 15.0. The van der Waals surface area contributed by atoms with E-state index < -0.39 is 5.82 Å². The first-order valence-corrected chi connectivity index (χ1v) is 6.42. The van der Waals surface area contributed by atoms with Crippen LogP contribution >= 0.6 is 0 Å². The lowest BCUT2D eigenvalue weighted by Gasteiger charge is -2.18. The van der Waals surface area contributed by atoms with Gasteiger partial charge in [0.15, 0.2) is 12.4 Å². The van der Waals surface area contributed by atoms with Crippen LogP contribution in [0.25, 0.3) is 0 Å². The molecule has 0 aromatic heterocycles. The van der Waals surface area contributed by atoms with Gasteiger partial charge in [-0.1, -0.05) is 6.07 Å². The molecule has 0 fully saturated rings. The monoisotopic (exact) mass is 285 g/mol. The summed E-state index contributed by atoms with van der Waals surface area (Å²) in [5.74, 6) is -0.510. The van der Waals surface area contributed by atoms with E-state index >= 15 is 0 Å². The largest absolute Gasteiger partial charge is 0.482 e. The van der Waals surface area contributed by atoms with Gasteiger partial charge in [-0.3, -0.25) is 9.59 Å². The predicted molar refractivity (Wildman–Crippen MR) is 75.1 cm³/mol. The van der Waals surface area contributed by atoms with Gasteiger partial charge in [-0.05, 0) is 42.8 Å². The van der Waals surface area contributed by atoms with Gasteiger partial charge in [0.05, 0.1) is 5.69 Å². The summed E-state index contributed by atoms with van der Waals surface area (Å²) in [4.78, 5) is 23.8. The molecule has 0 unspecified atom stereocenters. The molecule has 0 saturated heterocycles. The number of rotatable bonds is 2. The Bertz CT molecular complexity index is 755. The lowest BCUT2D eigenvalue weighted by atomic mass is 9.98. The average Bonchev–Trinajstić information content (AvgIpc) is 2.48. The second-order valence-electron chi connectivity index (χ2n) is 4.84. The molecule has 0 saturated carbocycles. The third-order valence-electron chi connectivity index (χ3n) is 3.32. The Morgan fingerprint density at radius 1 is 1.24 bits per heavy atom. The molecule has 1 aliphatic rings. The highest BCUT2D eigenvalue weighted by Gasteiger charge is 2.19. The Hall–Kier alpha value is -2.69. The van der Waals surface area contributed by atoms with E-state index in [0.29, 0.717) is 28.1 Å². The first-order valence-electron chi connectivity index (χ1n) is 6.42. The molecule has 1 amide bonds. The van der Waals surface area contributed by atoms with Crippen molar-refractivity contribution < 1.29 is 18.7 Å². The van der Waals surface area contributed by atoms with E-state index in [0.717, 1.165) is 0 Å². The van der Waals surface area contributed by atoms with Crippen LogP contribution in [0.1, 0.15) is 21.5 Å². The maximum atomic E-state index is 13.3. The molecule has 5 heteroatoms. The number of carbonyl (C=O) groups excluding carboxylic acids is 2. The number of ketones is 1. The number of aryl methyl sites for hydroxylation is 1. The van der Waals surface area contributed by atoms with Crippen LogP contribution in [0.4, 0.5) is 10.1 Å². The smallest absolute Gasteiger partial charge is 0.262 e. The van der Waals surface area contributed by atoms with Crippen LogP contribution in [0.5, 0.6) is 5.75 Å². The van der Waals surface area contributed by atoms with Crippen molar-refractivity contribution in [1.29, 1.82) is 0 Å². The first kappa shape index (κ1) is 13.3. The summed E-state index contributed by atoms with van der Waals surface area (Å²) >= 11 is 0. The second kappa shape index (κ2) is 5.01. The minimum Gasteiger partial charge on any atom is -0.482 e. The van der Waals surface area contributed by atoms with Crippen molar-refractivity contribution in [2.75, 3.05) is 11.9 Å². The van der Waals surface area contributed by atoms with Gasteiger partial charge in [-0.25, -0.2) is 4.39 Å². The van der Waals surface area contributed by atoms with Crippen molar-refractivity contribution >= 4 is 17.4 Å². The molecule has 0 bridgehead atoms. The molecule has 106 valence electrons. The molecule has 3 rings (SSSR count). The van der Waals surface area contributed by atoms with E-state index in [-0.39, 0.29) is 18.3 Å². The number of amides is 1. The molecule has 2 aromatic carbocycles. The summed E-state index contributed by atoms with van der Waals surface area (Å²) in [5, 5.41) is 2.64. The van der Waals surface area contributed by atoms with Crippen molar-refractivity contribution in [3.8, 4) is 5.75 Å². The van der Waals surface area contributed by atoms with E-state index in [1.165, 1.54) is 12.1 Å². The summed E-state index contributed by atoms with van der Waals surface area (Å²) in [6.45, 7) is 1.71. The molecule has 0 aliphatic carbocycles. The quantitative estimate of drug-likeness (QED) is 0.863. The number of benzene rings is 2. The molecule has 0 atom stereocenters. The first-order chi connectivity index (χ1) is 10.0. The Kier molecular flexibility index (Phi) is 3.17. The molecule has 21 heavy (non-hydrogen) atoms. The summed E-state index contributed by atoms with van der Waals surface area (Å²) in [5.41, 5.74) is 1.82. The summed E-state index contributed by atoms with van der Waals surface area (Å²) < 4.78 is 18.6. The number of halogens is 1. The minimum atomic E-state index is -0.460. The Labute approximate surface area is 120 Å². The fraction of sp³-hybridized carbons (Fsp3) is 0.125. The number of anilines is 1. The van der Waals surface area contributed by atoms with Gasteiger partial charge in [0.1, 0.15) is 11.6 Å². The minimum absolute atomic E-state index is 0.0384. The SMILES string of the molecule is Cc1ccc(F)cc1C(=O)c1ccc2c(c1)NC(=O)CO2. The van der Waals surface area contributed by atoms with E-state index in [1.54, 1.807) is 31.2 Å². The number of hydrogen-bond acceptors (Lipinski definition) is 3. The molecule has 0 radical (unpaired) electrons. The van der Waals surface area contributed by atoms with Gasteiger partial charge < -0.3 is 10.1 Å². The predicted octanol–water partition coefficient (Wildman–Crippen LogP) is 2.70. The van der Waals surface area contributed by atoms with Crippen LogP contribution in [0.15, 0.2) is 36.4 Å². The van der Waals surface area contributed by atoms with Crippen molar-refractivity contribution in [3.63, 3.8) is 0 Å². The van der Waals surface area contributed by atoms with Gasteiger partial charge in [0, 0.05) is 11.1 Å². The van der Waals surface area contributed by atoms with Gasteiger partial charge in [0.2, 0.25) is 0 Å². The molecule has 1 aliphatic heterocycles. The Morgan fingerprint density at radius 2 is 2.05 bits per heavy atom. The van der Waals surface area contributed by atoms with E-state index in [1.807, 2.05) is 0 Å². The lowest BCUT2D eigenvalue weighted by Crippen LogP contribution is -2.25. The topological polar surface area (TPSA) is 55.4 Å². The molecular formula is C16H12FNO3. The number of fused-ring (bicyclic) bond motifs is 1. The van der Waals surface area contributed by atoms with Crippen LogP contribution in [0.3, 0.4) is 0 Å². The molecule has 4 nitrogen and oxygen atoms in total. The second-order valence-corrected chi connectivity index (χ2v) is 4.84. The van der Waals surface area contributed by atoms with Crippen LogP contribution < -0.4 is 10.1 Å². The van der Waals surface area contributed by atoms with E-state index in [9.17, 15) is 14.0 Å². The highest BCUT2D eigenvalue weighted by atomic mass is 19.1. The van der Waals surface area contributed by atoms with Gasteiger partial charge in [0.25, 0.3) is 5.91 Å². The van der Waals surface area contributed by atoms with Crippen molar-refractivity contribution in [2.24, 2.45) is 0 Å². The number of ether oxygens (including phenoxy) is 1. The van der Waals surface area contributed by atoms with Crippen LogP contribution in [0, 0.1) is 12.7 Å². The van der Waals surface area contributed by atoms with Gasteiger partial charge in [-0.2, -0.15) is 0 Å². The number of hydrogen-bond donors (Lipinski definition) is 1. The third kappa shape index (κ3) is 2.50. The summed E-state index contributed by atoms with van der Waals surface area (Å²) in [6, 6.07) is 8.85. The molecule has 2 aromatic rings. The number of carbonyl (C=O) groups is 2. The molecule has 0 spiro atoms. The standard InChI is InChI=1S/C16H12FNO3/c1-9-2-4-11(17)7-12(9)16(20)10-3-5-14-13(6-10)18-15(19)8-21-14/h2-7H,8H2,1H3,(H,18,19). The van der Waals surface area contributed by atoms with Crippen molar-refractivity contribution in [2.45, 2.75) is 6.92 Å². The number of nitrogens with one attached hydrogen (secondary N) is 1. The highest BCUT2D eigenvalue weighted by Crippen LogP contribution is 2.29. The summed E-state index contributed by atoms with van der Waals surface area (Å²) in [6.07, 6.45) is 0. The maximum absolute atomic E-state index is 13.3. The Balaban J connectivity index is 2.00. The van der Waals surface area contributed by atoms with Crippen LogP contribution in [-0.4, -0.2) is 18.3 Å². The van der Waals surface area contributed by atoms with E-state index in [4.69, 9.17) is 4.74 Å². The van der Waals surface area contributed by atoms with Crippen molar-refractivity contribution in [1.82, 2.24) is 0 Å².